The summed E-state index contributed by atoms with van der Waals surface area (Å²) in [4.78, 5) is 0. The van der Waals surface area contributed by atoms with Gasteiger partial charge in [-0.1, -0.05) is 29.0 Å². The largest absolute Gasteiger partial charge is 0.319 e. The van der Waals surface area contributed by atoms with Crippen molar-refractivity contribution in [3.05, 3.63) is 45.2 Å². The van der Waals surface area contributed by atoms with Crippen molar-refractivity contribution < 1.29 is 0 Å². The molecule has 5 heteroatoms. The van der Waals surface area contributed by atoms with Crippen LogP contribution in [-0.2, 0) is 7.05 Å². The number of aryl methyl sites for hydroxylation is 3. The summed E-state index contributed by atoms with van der Waals surface area (Å²) in [7, 11) is 1.85. The van der Waals surface area contributed by atoms with Gasteiger partial charge >= 0.3 is 0 Å². The predicted octanol–water partition coefficient (Wildman–Crippen LogP) is 2.24. The molecule has 0 saturated heterocycles. The Hall–Kier alpha value is -1.20. The molecule has 2 aromatic rings. The minimum Gasteiger partial charge on any atom is -0.319 e. The molecule has 1 aromatic heterocycles. The Bertz CT molecular complexity index is 528. The van der Waals surface area contributed by atoms with Gasteiger partial charge in [-0.2, -0.15) is 0 Å². The minimum absolute atomic E-state index is 0.218. The van der Waals surface area contributed by atoms with Gasteiger partial charge in [-0.15, -0.1) is 5.10 Å². The highest BCUT2D eigenvalue weighted by atomic mass is 79.9. The van der Waals surface area contributed by atoms with E-state index in [2.05, 4.69) is 58.3 Å². The zero-order valence-corrected chi connectivity index (χ0v) is 11.7. The van der Waals surface area contributed by atoms with Crippen LogP contribution in [0.4, 0.5) is 0 Å². The third kappa shape index (κ3) is 2.25. The SMILES string of the molecule is Cc1ccc(C)c(C(N)c2c(Br)nnn2C)c1. The van der Waals surface area contributed by atoms with E-state index in [-0.39, 0.29) is 6.04 Å². The highest BCUT2D eigenvalue weighted by molar-refractivity contribution is 9.10. The zero-order chi connectivity index (χ0) is 12.6. The number of hydrogen-bond acceptors (Lipinski definition) is 3. The van der Waals surface area contributed by atoms with Gasteiger partial charge in [0.1, 0.15) is 0 Å². The first-order chi connectivity index (χ1) is 8.00. The van der Waals surface area contributed by atoms with Gasteiger partial charge < -0.3 is 5.73 Å². The van der Waals surface area contributed by atoms with Gasteiger partial charge in [-0.25, -0.2) is 4.68 Å². The van der Waals surface area contributed by atoms with E-state index >= 15 is 0 Å². The van der Waals surface area contributed by atoms with Gasteiger partial charge in [0.15, 0.2) is 4.60 Å². The van der Waals surface area contributed by atoms with Crippen molar-refractivity contribution in [3.63, 3.8) is 0 Å². The van der Waals surface area contributed by atoms with E-state index in [0.717, 1.165) is 11.3 Å². The van der Waals surface area contributed by atoms with Gasteiger partial charge in [-0.3, -0.25) is 0 Å². The van der Waals surface area contributed by atoms with E-state index in [4.69, 9.17) is 5.73 Å². The van der Waals surface area contributed by atoms with Crippen LogP contribution in [-0.4, -0.2) is 15.0 Å². The Balaban J connectivity index is 2.50. The van der Waals surface area contributed by atoms with Crippen LogP contribution in [0.1, 0.15) is 28.4 Å². The lowest BCUT2D eigenvalue weighted by Gasteiger charge is -2.15. The molecule has 90 valence electrons. The molecule has 0 aliphatic carbocycles. The summed E-state index contributed by atoms with van der Waals surface area (Å²) in [6, 6.07) is 6.06. The standard InChI is InChI=1S/C12H15BrN4/c1-7-4-5-8(2)9(6-7)10(14)11-12(13)15-16-17(11)3/h4-6,10H,14H2,1-3H3. The van der Waals surface area contributed by atoms with Crippen molar-refractivity contribution in [1.82, 2.24) is 15.0 Å². The number of benzene rings is 1. The molecular formula is C12H15BrN4. The van der Waals surface area contributed by atoms with E-state index in [9.17, 15) is 0 Å². The van der Waals surface area contributed by atoms with E-state index < -0.39 is 0 Å². The number of rotatable bonds is 2. The first-order valence-electron chi connectivity index (χ1n) is 5.38. The molecule has 0 aliphatic rings. The molecule has 1 heterocycles. The minimum atomic E-state index is -0.218. The summed E-state index contributed by atoms with van der Waals surface area (Å²) in [5, 5.41) is 7.92. The monoisotopic (exact) mass is 294 g/mol. The third-order valence-electron chi connectivity index (χ3n) is 2.89. The molecule has 2 rings (SSSR count). The maximum Gasteiger partial charge on any atom is 0.153 e. The van der Waals surface area contributed by atoms with Crippen molar-refractivity contribution in [2.24, 2.45) is 12.8 Å². The van der Waals surface area contributed by atoms with Gasteiger partial charge in [-0.05, 0) is 40.9 Å². The quantitative estimate of drug-likeness (QED) is 0.924. The van der Waals surface area contributed by atoms with Crippen molar-refractivity contribution in [3.8, 4) is 0 Å². The Morgan fingerprint density at radius 1 is 1.35 bits per heavy atom. The highest BCUT2D eigenvalue weighted by Gasteiger charge is 2.19. The van der Waals surface area contributed by atoms with E-state index in [0.29, 0.717) is 4.60 Å². The third-order valence-corrected chi connectivity index (χ3v) is 3.46. The van der Waals surface area contributed by atoms with Crippen LogP contribution >= 0.6 is 15.9 Å². The van der Waals surface area contributed by atoms with Gasteiger partial charge in [0.25, 0.3) is 0 Å². The number of hydrogen-bond donors (Lipinski definition) is 1. The number of nitrogens with zero attached hydrogens (tertiary/aromatic N) is 3. The van der Waals surface area contributed by atoms with Gasteiger partial charge in [0.05, 0.1) is 11.7 Å². The molecular weight excluding hydrogens is 280 g/mol. The molecule has 4 nitrogen and oxygen atoms in total. The number of nitrogens with two attached hydrogens (primary N) is 1. The van der Waals surface area contributed by atoms with Crippen LogP contribution in [0.3, 0.4) is 0 Å². The normalized spacial score (nSPS) is 12.8. The van der Waals surface area contributed by atoms with Crippen LogP contribution in [0.25, 0.3) is 0 Å². The van der Waals surface area contributed by atoms with Crippen LogP contribution in [0.5, 0.6) is 0 Å². The Kier molecular flexibility index (Phi) is 3.31. The lowest BCUT2D eigenvalue weighted by molar-refractivity contribution is 0.649. The average Bonchev–Trinajstić information content (AvgIpc) is 2.61. The molecule has 0 radical (unpaired) electrons. The van der Waals surface area contributed by atoms with E-state index in [1.54, 1.807) is 4.68 Å². The van der Waals surface area contributed by atoms with Gasteiger partial charge in [0, 0.05) is 7.05 Å². The summed E-state index contributed by atoms with van der Waals surface area (Å²) in [5.41, 5.74) is 10.7. The lowest BCUT2D eigenvalue weighted by Crippen LogP contribution is -2.17. The summed E-state index contributed by atoms with van der Waals surface area (Å²) in [5.74, 6) is 0. The van der Waals surface area contributed by atoms with Gasteiger partial charge in [0.2, 0.25) is 0 Å². The molecule has 1 unspecified atom stereocenters. The molecule has 0 bridgehead atoms. The smallest absolute Gasteiger partial charge is 0.153 e. The Morgan fingerprint density at radius 3 is 2.65 bits per heavy atom. The molecule has 2 N–H and O–H groups in total. The molecule has 0 fully saturated rings. The zero-order valence-electron chi connectivity index (χ0n) is 10.1. The second kappa shape index (κ2) is 4.58. The highest BCUT2D eigenvalue weighted by Crippen LogP contribution is 2.27. The molecule has 1 atom stereocenters. The van der Waals surface area contributed by atoms with Crippen LogP contribution in [0.15, 0.2) is 22.8 Å². The van der Waals surface area contributed by atoms with E-state index in [1.165, 1.54) is 11.1 Å². The second-order valence-electron chi connectivity index (χ2n) is 4.23. The molecule has 1 aromatic carbocycles. The summed E-state index contributed by atoms with van der Waals surface area (Å²) in [6.45, 7) is 4.12. The maximum atomic E-state index is 6.30. The second-order valence-corrected chi connectivity index (χ2v) is 4.98. The summed E-state index contributed by atoms with van der Waals surface area (Å²) in [6.07, 6.45) is 0. The lowest BCUT2D eigenvalue weighted by atomic mass is 9.98. The summed E-state index contributed by atoms with van der Waals surface area (Å²) < 4.78 is 2.41. The molecule has 0 spiro atoms. The first kappa shape index (κ1) is 12.3. The molecule has 0 saturated carbocycles. The molecule has 0 amide bonds. The molecule has 0 aliphatic heterocycles. The molecule has 17 heavy (non-hydrogen) atoms. The fourth-order valence-electron chi connectivity index (χ4n) is 1.91. The van der Waals surface area contributed by atoms with Crippen molar-refractivity contribution in [1.29, 1.82) is 0 Å². The van der Waals surface area contributed by atoms with Crippen molar-refractivity contribution in [2.45, 2.75) is 19.9 Å². The first-order valence-corrected chi connectivity index (χ1v) is 6.18. The van der Waals surface area contributed by atoms with Crippen LogP contribution in [0.2, 0.25) is 0 Å². The summed E-state index contributed by atoms with van der Waals surface area (Å²) >= 11 is 3.38. The fraction of sp³-hybridized carbons (Fsp3) is 0.333. The van der Waals surface area contributed by atoms with E-state index in [1.807, 2.05) is 7.05 Å². The maximum absolute atomic E-state index is 6.30. The topological polar surface area (TPSA) is 56.7 Å². The van der Waals surface area contributed by atoms with Crippen LogP contribution in [0, 0.1) is 13.8 Å². The van der Waals surface area contributed by atoms with Crippen LogP contribution < -0.4 is 5.73 Å². The van der Waals surface area contributed by atoms with Crippen molar-refractivity contribution in [2.75, 3.05) is 0 Å². The average molecular weight is 295 g/mol. The number of halogens is 1. The van der Waals surface area contributed by atoms with Crippen molar-refractivity contribution >= 4 is 15.9 Å². The predicted molar refractivity (Wildman–Crippen MR) is 70.6 cm³/mol. The fourth-order valence-corrected chi connectivity index (χ4v) is 2.49. The number of aromatic nitrogens is 3. The Labute approximate surface area is 109 Å². The Morgan fingerprint density at radius 2 is 2.06 bits per heavy atom.